The molecule has 104 valence electrons. The molecular weight excluding hydrogens is 255 g/mol. The van der Waals surface area contributed by atoms with Crippen LogP contribution in [0.2, 0.25) is 0 Å². The molecule has 20 heavy (non-hydrogen) atoms. The number of rotatable bonds is 4. The van der Waals surface area contributed by atoms with Gasteiger partial charge in [-0.15, -0.1) is 0 Å². The molecule has 1 fully saturated rings. The van der Waals surface area contributed by atoms with Crippen molar-refractivity contribution in [2.45, 2.75) is 12.5 Å². The second-order valence-electron chi connectivity index (χ2n) is 4.99. The zero-order chi connectivity index (χ0) is 13.8. The van der Waals surface area contributed by atoms with Gasteiger partial charge in [-0.2, -0.15) is 0 Å². The summed E-state index contributed by atoms with van der Waals surface area (Å²) in [6, 6.07) is 12.9. The monoisotopic (exact) mass is 272 g/mol. The van der Waals surface area contributed by atoms with E-state index in [9.17, 15) is 4.39 Å². The molecule has 2 aromatic rings. The van der Waals surface area contributed by atoms with Gasteiger partial charge >= 0.3 is 0 Å². The summed E-state index contributed by atoms with van der Waals surface area (Å²) in [6.45, 7) is 1.86. The van der Waals surface area contributed by atoms with Gasteiger partial charge in [0.1, 0.15) is 6.10 Å². The minimum absolute atomic E-state index is 0.0771. The number of hydrogen-bond donors (Lipinski definition) is 1. The van der Waals surface area contributed by atoms with Crippen LogP contribution in [0.1, 0.15) is 18.1 Å². The Morgan fingerprint density at radius 2 is 2.05 bits per heavy atom. The van der Waals surface area contributed by atoms with Crippen LogP contribution in [0.5, 0.6) is 5.88 Å². The number of nitrogens with one attached hydrogen (secondary N) is 1. The van der Waals surface area contributed by atoms with Gasteiger partial charge in [0.15, 0.2) is 5.82 Å². The maximum absolute atomic E-state index is 13.7. The van der Waals surface area contributed by atoms with Gasteiger partial charge in [0.25, 0.3) is 5.88 Å². The molecule has 0 unspecified atom stereocenters. The normalized spacial score (nSPS) is 19.8. The molecule has 3 nitrogen and oxygen atoms in total. The molecule has 1 aliphatic heterocycles. The van der Waals surface area contributed by atoms with Gasteiger partial charge in [-0.05, 0) is 30.7 Å². The van der Waals surface area contributed by atoms with Crippen LogP contribution in [0.3, 0.4) is 0 Å². The highest BCUT2D eigenvalue weighted by atomic mass is 19.1. The van der Waals surface area contributed by atoms with E-state index in [0.29, 0.717) is 5.92 Å². The Hall–Kier alpha value is -1.94. The summed E-state index contributed by atoms with van der Waals surface area (Å²) in [4.78, 5) is 4.00. The average molecular weight is 272 g/mol. The van der Waals surface area contributed by atoms with Crippen molar-refractivity contribution in [3.63, 3.8) is 0 Å². The van der Waals surface area contributed by atoms with E-state index in [1.807, 2.05) is 30.3 Å². The molecule has 0 spiro atoms. The highest BCUT2D eigenvalue weighted by Crippen LogP contribution is 2.31. The molecule has 1 aromatic heterocycles. The lowest BCUT2D eigenvalue weighted by atomic mass is 9.95. The second-order valence-corrected chi connectivity index (χ2v) is 4.99. The van der Waals surface area contributed by atoms with E-state index < -0.39 is 5.82 Å². The zero-order valence-electron chi connectivity index (χ0n) is 11.1. The fourth-order valence-electron chi connectivity index (χ4n) is 2.59. The molecule has 2 heterocycles. The van der Waals surface area contributed by atoms with Crippen molar-refractivity contribution >= 4 is 0 Å². The Morgan fingerprint density at radius 3 is 2.75 bits per heavy atom. The molecule has 3 rings (SSSR count). The van der Waals surface area contributed by atoms with Gasteiger partial charge in [0.05, 0.1) is 0 Å². The third kappa shape index (κ3) is 2.80. The Morgan fingerprint density at radius 1 is 1.20 bits per heavy atom. The van der Waals surface area contributed by atoms with Crippen molar-refractivity contribution in [2.24, 2.45) is 5.92 Å². The number of pyridine rings is 1. The van der Waals surface area contributed by atoms with Crippen molar-refractivity contribution in [3.05, 3.63) is 60.0 Å². The minimum Gasteiger partial charge on any atom is -0.467 e. The number of hydrogen-bond acceptors (Lipinski definition) is 3. The Labute approximate surface area is 117 Å². The first-order valence-electron chi connectivity index (χ1n) is 6.87. The van der Waals surface area contributed by atoms with Crippen LogP contribution in [0.25, 0.3) is 0 Å². The molecule has 0 radical (unpaired) electrons. The lowest BCUT2D eigenvalue weighted by molar-refractivity contribution is 0.131. The van der Waals surface area contributed by atoms with Crippen molar-refractivity contribution < 1.29 is 9.13 Å². The molecule has 0 amide bonds. The van der Waals surface area contributed by atoms with Gasteiger partial charge < -0.3 is 10.1 Å². The standard InChI is InChI=1S/C16H17FN2O/c17-14-7-4-9-19-16(14)20-15(13-8-10-18-11-13)12-5-2-1-3-6-12/h1-7,9,13,15,18H,8,10-11H2/t13-,15-/m1/s1. The summed E-state index contributed by atoms with van der Waals surface area (Å²) in [7, 11) is 0. The van der Waals surface area contributed by atoms with E-state index in [-0.39, 0.29) is 12.0 Å². The SMILES string of the molecule is Fc1cccnc1O[C@H](c1ccccc1)[C@@H]1CCNC1. The quantitative estimate of drug-likeness (QED) is 0.929. The molecule has 1 N–H and O–H groups in total. The van der Waals surface area contributed by atoms with E-state index in [1.54, 1.807) is 12.3 Å². The molecule has 1 saturated heterocycles. The summed E-state index contributed by atoms with van der Waals surface area (Å²) in [5.74, 6) is -0.00792. The van der Waals surface area contributed by atoms with Gasteiger partial charge in [-0.3, -0.25) is 0 Å². The van der Waals surface area contributed by atoms with E-state index in [2.05, 4.69) is 10.3 Å². The summed E-state index contributed by atoms with van der Waals surface area (Å²) in [6.07, 6.45) is 2.40. The van der Waals surface area contributed by atoms with Crippen molar-refractivity contribution in [1.82, 2.24) is 10.3 Å². The Bertz CT molecular complexity index is 555. The van der Waals surface area contributed by atoms with Crippen molar-refractivity contribution in [2.75, 3.05) is 13.1 Å². The molecule has 0 saturated carbocycles. The summed E-state index contributed by atoms with van der Waals surface area (Å²) < 4.78 is 19.6. The predicted molar refractivity (Wildman–Crippen MR) is 75.0 cm³/mol. The smallest absolute Gasteiger partial charge is 0.250 e. The maximum atomic E-state index is 13.7. The first kappa shape index (κ1) is 13.1. The van der Waals surface area contributed by atoms with Crippen LogP contribution in [0.4, 0.5) is 4.39 Å². The number of aromatic nitrogens is 1. The molecular formula is C16H17FN2O. The largest absolute Gasteiger partial charge is 0.467 e. The molecule has 1 aliphatic rings. The number of halogens is 1. The highest BCUT2D eigenvalue weighted by Gasteiger charge is 2.28. The van der Waals surface area contributed by atoms with Crippen LogP contribution in [0.15, 0.2) is 48.7 Å². The topological polar surface area (TPSA) is 34.1 Å². The second kappa shape index (κ2) is 6.01. The number of benzene rings is 1. The van der Waals surface area contributed by atoms with Crippen LogP contribution >= 0.6 is 0 Å². The molecule has 0 aliphatic carbocycles. The lowest BCUT2D eigenvalue weighted by Crippen LogP contribution is -2.22. The summed E-state index contributed by atoms with van der Waals surface area (Å²) in [5, 5.41) is 3.33. The maximum Gasteiger partial charge on any atom is 0.250 e. The fraction of sp³-hybridized carbons (Fsp3) is 0.312. The Balaban J connectivity index is 1.88. The van der Waals surface area contributed by atoms with Gasteiger partial charge in [-0.25, -0.2) is 9.37 Å². The van der Waals surface area contributed by atoms with Crippen LogP contribution < -0.4 is 10.1 Å². The first-order chi connectivity index (χ1) is 9.84. The van der Waals surface area contributed by atoms with Gasteiger partial charge in [0.2, 0.25) is 0 Å². The third-order valence-corrected chi connectivity index (χ3v) is 3.62. The van der Waals surface area contributed by atoms with Gasteiger partial charge in [-0.1, -0.05) is 30.3 Å². The summed E-state index contributed by atoms with van der Waals surface area (Å²) >= 11 is 0. The van der Waals surface area contributed by atoms with Crippen LogP contribution in [-0.2, 0) is 0 Å². The molecule has 4 heteroatoms. The fourth-order valence-corrected chi connectivity index (χ4v) is 2.59. The molecule has 2 atom stereocenters. The molecule has 0 bridgehead atoms. The van der Waals surface area contributed by atoms with E-state index in [4.69, 9.17) is 4.74 Å². The van der Waals surface area contributed by atoms with Gasteiger partial charge in [0, 0.05) is 18.7 Å². The van der Waals surface area contributed by atoms with E-state index in [0.717, 1.165) is 25.1 Å². The van der Waals surface area contributed by atoms with Crippen molar-refractivity contribution in [1.29, 1.82) is 0 Å². The van der Waals surface area contributed by atoms with E-state index in [1.165, 1.54) is 6.07 Å². The average Bonchev–Trinajstić information content (AvgIpc) is 3.01. The Kier molecular flexibility index (Phi) is 3.92. The lowest BCUT2D eigenvalue weighted by Gasteiger charge is -2.24. The number of nitrogens with zero attached hydrogens (tertiary/aromatic N) is 1. The predicted octanol–water partition coefficient (Wildman–Crippen LogP) is 2.95. The van der Waals surface area contributed by atoms with Crippen LogP contribution in [0, 0.1) is 11.7 Å². The number of ether oxygens (including phenoxy) is 1. The third-order valence-electron chi connectivity index (χ3n) is 3.62. The first-order valence-corrected chi connectivity index (χ1v) is 6.87. The highest BCUT2D eigenvalue weighted by molar-refractivity contribution is 5.22. The van der Waals surface area contributed by atoms with E-state index >= 15 is 0 Å². The molecule has 1 aromatic carbocycles. The van der Waals surface area contributed by atoms with Crippen molar-refractivity contribution in [3.8, 4) is 5.88 Å². The minimum atomic E-state index is -0.417. The van der Waals surface area contributed by atoms with Crippen LogP contribution in [-0.4, -0.2) is 18.1 Å². The zero-order valence-corrected chi connectivity index (χ0v) is 11.1. The summed E-state index contributed by atoms with van der Waals surface area (Å²) in [5.41, 5.74) is 1.06.